The Morgan fingerprint density at radius 1 is 1.25 bits per heavy atom. The molecular weight excluding hydrogens is 477 g/mol. The molecule has 3 unspecified atom stereocenters. The number of morpholine rings is 1. The lowest BCUT2D eigenvalue weighted by molar-refractivity contribution is -0.153. The molecule has 2 fully saturated rings. The normalized spacial score (nSPS) is 24.9. The Labute approximate surface area is 201 Å². The molecule has 14 heteroatoms. The van der Waals surface area contributed by atoms with Gasteiger partial charge in [-0.15, -0.1) is 0 Å². The van der Waals surface area contributed by atoms with Gasteiger partial charge in [-0.2, -0.15) is 5.10 Å². The van der Waals surface area contributed by atoms with E-state index in [1.54, 1.807) is 24.8 Å². The smallest absolute Gasteiger partial charge is 0.328 e. The number of urea groups is 1. The van der Waals surface area contributed by atoms with Crippen LogP contribution in [0.3, 0.4) is 0 Å². The fourth-order valence-electron chi connectivity index (χ4n) is 5.67. The van der Waals surface area contributed by atoms with Crippen LogP contribution in [0.4, 0.5) is 14.9 Å². The largest absolute Gasteiger partial charge is 0.372 e. The van der Waals surface area contributed by atoms with Crippen molar-refractivity contribution in [2.24, 2.45) is 11.1 Å². The first-order valence-corrected chi connectivity index (χ1v) is 11.2. The maximum absolute atomic E-state index is 16.1. The number of halogens is 1. The summed E-state index contributed by atoms with van der Waals surface area (Å²) in [5.41, 5.74) is 3.99. The number of carbonyl (C=O) groups excluding carboxylic acids is 4. The van der Waals surface area contributed by atoms with Gasteiger partial charge in [-0.05, 0) is 25.5 Å². The van der Waals surface area contributed by atoms with E-state index in [1.807, 2.05) is 0 Å². The van der Waals surface area contributed by atoms with Crippen LogP contribution in [0.2, 0.25) is 0 Å². The first kappa shape index (κ1) is 22.2. The van der Waals surface area contributed by atoms with Crippen molar-refractivity contribution in [1.29, 1.82) is 0 Å². The van der Waals surface area contributed by atoms with E-state index in [4.69, 9.17) is 15.0 Å². The molecule has 0 saturated carbocycles. The molecule has 0 bridgehead atoms. The third-order valence-electron chi connectivity index (χ3n) is 7.03. The Morgan fingerprint density at radius 2 is 1.97 bits per heavy atom. The molecule has 3 aromatic rings. The van der Waals surface area contributed by atoms with Crippen LogP contribution in [0.15, 0.2) is 23.0 Å². The third kappa shape index (κ3) is 2.84. The number of benzene rings is 1. The molecule has 5 amide bonds. The van der Waals surface area contributed by atoms with Gasteiger partial charge in [-0.1, -0.05) is 5.16 Å². The van der Waals surface area contributed by atoms with E-state index in [-0.39, 0.29) is 47.1 Å². The van der Waals surface area contributed by atoms with Gasteiger partial charge in [0, 0.05) is 19.2 Å². The van der Waals surface area contributed by atoms with E-state index in [0.717, 1.165) is 0 Å². The summed E-state index contributed by atoms with van der Waals surface area (Å²) < 4.78 is 28.6. The van der Waals surface area contributed by atoms with Gasteiger partial charge in [-0.3, -0.25) is 25.0 Å². The molecule has 2 saturated heterocycles. The number of hydrogen-bond acceptors (Lipinski definition) is 9. The zero-order valence-electron chi connectivity index (χ0n) is 19.1. The van der Waals surface area contributed by atoms with Crippen molar-refractivity contribution in [2.45, 2.75) is 38.5 Å². The second-order valence-corrected chi connectivity index (χ2v) is 9.25. The van der Waals surface area contributed by atoms with Crippen LogP contribution in [0.5, 0.6) is 0 Å². The lowest BCUT2D eigenvalue weighted by Gasteiger charge is -2.55. The zero-order valence-corrected chi connectivity index (χ0v) is 19.1. The number of nitrogens with zero attached hydrogens (tertiary/aromatic N) is 4. The number of hydrogen-bond donors (Lipinski definition) is 3. The van der Waals surface area contributed by atoms with Gasteiger partial charge in [0.1, 0.15) is 0 Å². The van der Waals surface area contributed by atoms with Crippen molar-refractivity contribution >= 4 is 40.4 Å². The second kappa shape index (κ2) is 7.34. The number of rotatable bonds is 2. The Balaban J connectivity index is 1.58. The highest BCUT2D eigenvalue weighted by atomic mass is 19.1. The second-order valence-electron chi connectivity index (χ2n) is 9.25. The first-order valence-electron chi connectivity index (χ1n) is 11.2. The minimum Gasteiger partial charge on any atom is -0.372 e. The number of amides is 5. The van der Waals surface area contributed by atoms with Crippen LogP contribution >= 0.6 is 0 Å². The van der Waals surface area contributed by atoms with Crippen molar-refractivity contribution < 1.29 is 32.8 Å². The van der Waals surface area contributed by atoms with Gasteiger partial charge >= 0.3 is 6.03 Å². The van der Waals surface area contributed by atoms with Crippen LogP contribution in [-0.2, 0) is 20.7 Å². The SMILES string of the molecule is CC1CN2c3c(cc4c(-n5cc(C(N)=O)cn5)noc4c3F)CC3(C(=O)NC(=O)NC3=O)C2C(C)O1. The molecule has 0 aliphatic carbocycles. The number of barbiturate groups is 1. The number of carbonyl (C=O) groups is 4. The zero-order chi connectivity index (χ0) is 25.5. The fraction of sp³-hybridized carbons (Fsp3) is 0.364. The maximum Gasteiger partial charge on any atom is 0.328 e. The van der Waals surface area contributed by atoms with Crippen molar-refractivity contribution in [3.05, 3.63) is 35.4 Å². The molecule has 3 atom stereocenters. The molecule has 3 aliphatic heterocycles. The minimum absolute atomic E-state index is 0.0896. The van der Waals surface area contributed by atoms with Crippen LogP contribution < -0.4 is 21.3 Å². The monoisotopic (exact) mass is 497 g/mol. The molecule has 6 rings (SSSR count). The first-order chi connectivity index (χ1) is 17.1. The highest BCUT2D eigenvalue weighted by molar-refractivity contribution is 6.20. The number of nitrogens with one attached hydrogen (secondary N) is 2. The average Bonchev–Trinajstić information content (AvgIpc) is 3.44. The lowest BCUT2D eigenvalue weighted by atomic mass is 9.66. The van der Waals surface area contributed by atoms with E-state index in [1.165, 1.54) is 17.1 Å². The Morgan fingerprint density at radius 3 is 2.64 bits per heavy atom. The van der Waals surface area contributed by atoms with Gasteiger partial charge in [0.15, 0.2) is 11.2 Å². The van der Waals surface area contributed by atoms with Gasteiger partial charge < -0.3 is 19.9 Å². The molecule has 2 aromatic heterocycles. The average molecular weight is 497 g/mol. The highest BCUT2D eigenvalue weighted by Crippen LogP contribution is 2.49. The van der Waals surface area contributed by atoms with Crippen LogP contribution in [-0.4, -0.2) is 63.5 Å². The number of anilines is 1. The Bertz CT molecular complexity index is 1480. The number of fused-ring (bicyclic) bond motifs is 5. The summed E-state index contributed by atoms with van der Waals surface area (Å²) in [5.74, 6) is -2.91. The van der Waals surface area contributed by atoms with Crippen molar-refractivity contribution in [3.8, 4) is 5.82 Å². The highest BCUT2D eigenvalue weighted by Gasteiger charge is 2.63. The molecule has 186 valence electrons. The fourth-order valence-corrected chi connectivity index (χ4v) is 5.67. The van der Waals surface area contributed by atoms with E-state index < -0.39 is 47.1 Å². The summed E-state index contributed by atoms with van der Waals surface area (Å²) in [6.07, 6.45) is 1.37. The number of imide groups is 2. The van der Waals surface area contributed by atoms with E-state index >= 15 is 4.39 Å². The Hall–Kier alpha value is -4.33. The molecule has 13 nitrogen and oxygen atoms in total. The standard InChI is InChI=1S/C22H20FN7O6/c1-8-6-29-14-10(4-22(16(29)9(2)35-8)19(32)26-21(34)27-20(22)33)3-12-15(13(14)23)36-28-18(12)30-7-11(5-25-30)17(24)31/h3,5,7-9,16H,4,6H2,1-2H3,(H2,24,31)(H2,26,27,32,33,34). The molecule has 3 aliphatic rings. The van der Waals surface area contributed by atoms with Crippen LogP contribution in [0.1, 0.15) is 29.8 Å². The summed E-state index contributed by atoms with van der Waals surface area (Å²) in [6, 6.07) is -0.240. The molecule has 36 heavy (non-hydrogen) atoms. The van der Waals surface area contributed by atoms with Gasteiger partial charge in [0.05, 0.1) is 41.1 Å². The van der Waals surface area contributed by atoms with E-state index in [2.05, 4.69) is 20.9 Å². The number of nitrogens with two attached hydrogens (primary N) is 1. The maximum atomic E-state index is 16.1. The third-order valence-corrected chi connectivity index (χ3v) is 7.03. The van der Waals surface area contributed by atoms with Crippen molar-refractivity contribution in [3.63, 3.8) is 0 Å². The number of aromatic nitrogens is 3. The molecule has 4 N–H and O–H groups in total. The van der Waals surface area contributed by atoms with Crippen LogP contribution in [0, 0.1) is 11.2 Å². The van der Waals surface area contributed by atoms with Gasteiger partial charge in [0.25, 0.3) is 5.91 Å². The lowest BCUT2D eigenvalue weighted by Crippen LogP contribution is -2.75. The van der Waals surface area contributed by atoms with Gasteiger partial charge in [-0.25, -0.2) is 13.9 Å². The summed E-state index contributed by atoms with van der Waals surface area (Å²) in [7, 11) is 0. The summed E-state index contributed by atoms with van der Waals surface area (Å²) in [6.45, 7) is 3.69. The topological polar surface area (TPSA) is 175 Å². The molecule has 1 spiro atoms. The van der Waals surface area contributed by atoms with Gasteiger partial charge in [0.2, 0.25) is 23.2 Å². The quantitative estimate of drug-likeness (QED) is 0.416. The van der Waals surface area contributed by atoms with Crippen molar-refractivity contribution in [1.82, 2.24) is 25.6 Å². The summed E-state index contributed by atoms with van der Waals surface area (Å²) in [5, 5.41) is 12.6. The minimum atomic E-state index is -1.76. The summed E-state index contributed by atoms with van der Waals surface area (Å²) >= 11 is 0. The van der Waals surface area contributed by atoms with E-state index in [9.17, 15) is 19.2 Å². The number of primary amides is 1. The molecule has 0 radical (unpaired) electrons. The molecule has 5 heterocycles. The molecular formula is C22H20FN7O6. The van der Waals surface area contributed by atoms with Crippen molar-refractivity contribution in [2.75, 3.05) is 11.4 Å². The summed E-state index contributed by atoms with van der Waals surface area (Å²) in [4.78, 5) is 51.5. The number of ether oxygens (including phenoxy) is 1. The Kier molecular flexibility index (Phi) is 4.51. The predicted octanol–water partition coefficient (Wildman–Crippen LogP) is 0.142. The van der Waals surface area contributed by atoms with E-state index in [0.29, 0.717) is 5.56 Å². The van der Waals surface area contributed by atoms with Crippen LogP contribution in [0.25, 0.3) is 16.8 Å². The predicted molar refractivity (Wildman–Crippen MR) is 119 cm³/mol. The molecule has 1 aromatic carbocycles.